The normalized spacial score (nSPS) is 20.7. The van der Waals surface area contributed by atoms with E-state index in [1.54, 1.807) is 12.2 Å². The lowest BCUT2D eigenvalue weighted by molar-refractivity contribution is -0.144. The van der Waals surface area contributed by atoms with E-state index in [9.17, 15) is 19.8 Å². The Bertz CT molecular complexity index is 658. The Kier molecular flexibility index (Phi) is 10.3. The fourth-order valence-electron chi connectivity index (χ4n) is 3.05. The van der Waals surface area contributed by atoms with Gasteiger partial charge in [-0.1, -0.05) is 17.7 Å². The Morgan fingerprint density at radius 3 is 2.62 bits per heavy atom. The molecule has 7 nitrogen and oxygen atoms in total. The lowest BCUT2D eigenvalue weighted by Gasteiger charge is -2.30. The molecule has 0 saturated carbocycles. The first-order chi connectivity index (χ1) is 13.5. The zero-order valence-corrected chi connectivity index (χ0v) is 17.8. The van der Waals surface area contributed by atoms with Gasteiger partial charge in [0.1, 0.15) is 12.7 Å². The SMILES string of the molecule is CC(=O)OC/C(C)=C\CCC1=C[C@@H](C[C@@](C)(O)[C@H](O)CC/C(C)=C\CO)OC1=O. The molecule has 0 unspecified atom stereocenters. The molecule has 1 rings (SSSR count). The minimum Gasteiger partial charge on any atom is -0.461 e. The molecule has 0 bridgehead atoms. The number of allylic oxidation sites excluding steroid dienone is 2. The molecule has 3 atom stereocenters. The summed E-state index contributed by atoms with van der Waals surface area (Å²) in [5.41, 5.74) is 0.976. The topological polar surface area (TPSA) is 113 Å². The quantitative estimate of drug-likeness (QED) is 0.334. The number of hydrogen-bond donors (Lipinski definition) is 3. The van der Waals surface area contributed by atoms with Crippen LogP contribution in [0.5, 0.6) is 0 Å². The van der Waals surface area contributed by atoms with Crippen molar-refractivity contribution in [2.75, 3.05) is 13.2 Å². The highest BCUT2D eigenvalue weighted by Gasteiger charge is 2.36. The van der Waals surface area contributed by atoms with Gasteiger partial charge in [0.25, 0.3) is 0 Å². The van der Waals surface area contributed by atoms with Crippen LogP contribution in [0.1, 0.15) is 59.8 Å². The van der Waals surface area contributed by atoms with E-state index in [-0.39, 0.29) is 25.6 Å². The van der Waals surface area contributed by atoms with Crippen molar-refractivity contribution in [1.82, 2.24) is 0 Å². The molecule has 0 aromatic heterocycles. The molecule has 0 fully saturated rings. The van der Waals surface area contributed by atoms with E-state index >= 15 is 0 Å². The Morgan fingerprint density at radius 2 is 2.00 bits per heavy atom. The molecule has 0 amide bonds. The highest BCUT2D eigenvalue weighted by Crippen LogP contribution is 2.28. The molecule has 29 heavy (non-hydrogen) atoms. The number of carbonyl (C=O) groups is 2. The zero-order chi connectivity index (χ0) is 22.0. The van der Waals surface area contributed by atoms with Crippen molar-refractivity contribution in [1.29, 1.82) is 0 Å². The van der Waals surface area contributed by atoms with Crippen LogP contribution in [-0.2, 0) is 19.1 Å². The third-order valence-electron chi connectivity index (χ3n) is 4.90. The maximum Gasteiger partial charge on any atom is 0.334 e. The first-order valence-electron chi connectivity index (χ1n) is 9.92. The molecule has 164 valence electrons. The van der Waals surface area contributed by atoms with Gasteiger partial charge in [0.2, 0.25) is 0 Å². The van der Waals surface area contributed by atoms with Gasteiger partial charge in [-0.25, -0.2) is 4.79 Å². The van der Waals surface area contributed by atoms with E-state index in [0.29, 0.717) is 31.3 Å². The van der Waals surface area contributed by atoms with E-state index in [1.165, 1.54) is 13.8 Å². The monoisotopic (exact) mass is 410 g/mol. The molecule has 0 spiro atoms. The van der Waals surface area contributed by atoms with E-state index in [1.807, 2.05) is 19.9 Å². The number of ether oxygens (including phenoxy) is 2. The van der Waals surface area contributed by atoms with Gasteiger partial charge >= 0.3 is 11.9 Å². The fraction of sp³-hybridized carbons (Fsp3) is 0.636. The molecule has 7 heteroatoms. The standard InChI is InChI=1S/C22H34O7/c1-15(10-11-23)8-9-20(25)22(4,27)13-19-12-18(21(26)29-19)7-5-6-16(2)14-28-17(3)24/h6,10,12,19-20,23,25,27H,5,7-9,11,13-14H2,1-4H3/b15-10-,16-6-/t19-,20+,22+/m0/s1. The largest absolute Gasteiger partial charge is 0.461 e. The predicted octanol–water partition coefficient (Wildman–Crippen LogP) is 2.35. The smallest absolute Gasteiger partial charge is 0.334 e. The summed E-state index contributed by atoms with van der Waals surface area (Å²) in [6.07, 6.45) is 5.82. The van der Waals surface area contributed by atoms with E-state index in [2.05, 4.69) is 0 Å². The van der Waals surface area contributed by atoms with Gasteiger partial charge in [0.05, 0.1) is 18.3 Å². The molecule has 1 aliphatic rings. The van der Waals surface area contributed by atoms with Gasteiger partial charge in [-0.15, -0.1) is 0 Å². The van der Waals surface area contributed by atoms with Crippen LogP contribution in [0.2, 0.25) is 0 Å². The predicted molar refractivity (Wildman–Crippen MR) is 109 cm³/mol. The van der Waals surface area contributed by atoms with Gasteiger partial charge in [-0.2, -0.15) is 0 Å². The molecule has 0 aliphatic carbocycles. The maximum atomic E-state index is 12.1. The lowest BCUT2D eigenvalue weighted by atomic mass is 9.88. The van der Waals surface area contributed by atoms with Crippen LogP contribution in [0, 0.1) is 0 Å². The summed E-state index contributed by atoms with van der Waals surface area (Å²) in [4.78, 5) is 22.9. The summed E-state index contributed by atoms with van der Waals surface area (Å²) in [5, 5.41) is 29.8. The van der Waals surface area contributed by atoms with E-state index in [0.717, 1.165) is 11.1 Å². The van der Waals surface area contributed by atoms with Crippen LogP contribution >= 0.6 is 0 Å². The molecular weight excluding hydrogens is 376 g/mol. The van der Waals surface area contributed by atoms with E-state index < -0.39 is 23.8 Å². The van der Waals surface area contributed by atoms with E-state index in [4.69, 9.17) is 14.6 Å². The van der Waals surface area contributed by atoms with Crippen molar-refractivity contribution in [3.05, 3.63) is 34.9 Å². The highest BCUT2D eigenvalue weighted by molar-refractivity contribution is 5.90. The number of aliphatic hydroxyl groups excluding tert-OH is 2. The fourth-order valence-corrected chi connectivity index (χ4v) is 3.05. The third-order valence-corrected chi connectivity index (χ3v) is 4.90. The molecule has 0 saturated heterocycles. The zero-order valence-electron chi connectivity index (χ0n) is 17.8. The van der Waals surface area contributed by atoms with Gasteiger partial charge in [-0.3, -0.25) is 4.79 Å². The number of esters is 2. The van der Waals surface area contributed by atoms with Crippen molar-refractivity contribution in [3.8, 4) is 0 Å². The van der Waals surface area contributed by atoms with Gasteiger partial charge < -0.3 is 24.8 Å². The van der Waals surface area contributed by atoms with Gasteiger partial charge in [-0.05, 0) is 58.1 Å². The Labute approximate surface area is 172 Å². The van der Waals surface area contributed by atoms with Crippen molar-refractivity contribution in [3.63, 3.8) is 0 Å². The minimum atomic E-state index is -1.41. The van der Waals surface area contributed by atoms with Gasteiger partial charge in [0, 0.05) is 18.9 Å². The summed E-state index contributed by atoms with van der Waals surface area (Å²) in [7, 11) is 0. The number of cyclic esters (lactones) is 1. The molecule has 0 radical (unpaired) electrons. The average Bonchev–Trinajstić information content (AvgIpc) is 2.96. The minimum absolute atomic E-state index is 0.0532. The second-order valence-electron chi connectivity index (χ2n) is 7.85. The van der Waals surface area contributed by atoms with Crippen LogP contribution in [0.3, 0.4) is 0 Å². The Hall–Kier alpha value is -1.96. The lowest BCUT2D eigenvalue weighted by Crippen LogP contribution is -2.42. The van der Waals surface area contributed by atoms with Crippen LogP contribution in [0.25, 0.3) is 0 Å². The van der Waals surface area contributed by atoms with Gasteiger partial charge in [0.15, 0.2) is 0 Å². The first kappa shape index (κ1) is 25.1. The van der Waals surface area contributed by atoms with Crippen LogP contribution in [0.15, 0.2) is 34.9 Å². The highest BCUT2D eigenvalue weighted by atomic mass is 16.5. The van der Waals surface area contributed by atoms with Crippen LogP contribution < -0.4 is 0 Å². The summed E-state index contributed by atoms with van der Waals surface area (Å²) in [5.74, 6) is -0.746. The number of carbonyl (C=O) groups excluding carboxylic acids is 2. The summed E-state index contributed by atoms with van der Waals surface area (Å²) in [6, 6.07) is 0. The summed E-state index contributed by atoms with van der Waals surface area (Å²) in [6.45, 7) is 6.77. The second kappa shape index (κ2) is 11.9. The molecule has 3 N–H and O–H groups in total. The maximum absolute atomic E-state index is 12.1. The first-order valence-corrected chi connectivity index (χ1v) is 9.92. The third kappa shape index (κ3) is 9.39. The second-order valence-corrected chi connectivity index (χ2v) is 7.85. The van der Waals surface area contributed by atoms with Crippen LogP contribution in [0.4, 0.5) is 0 Å². The van der Waals surface area contributed by atoms with Crippen molar-refractivity contribution in [2.45, 2.75) is 77.6 Å². The Morgan fingerprint density at radius 1 is 1.31 bits per heavy atom. The molecule has 0 aromatic carbocycles. The number of hydrogen-bond acceptors (Lipinski definition) is 7. The molecule has 1 heterocycles. The van der Waals surface area contributed by atoms with Crippen molar-refractivity contribution < 1.29 is 34.4 Å². The van der Waals surface area contributed by atoms with Crippen molar-refractivity contribution in [2.24, 2.45) is 0 Å². The van der Waals surface area contributed by atoms with Crippen molar-refractivity contribution >= 4 is 11.9 Å². The molecular formula is C22H34O7. The molecule has 1 aliphatic heterocycles. The summed E-state index contributed by atoms with van der Waals surface area (Å²) >= 11 is 0. The summed E-state index contributed by atoms with van der Waals surface area (Å²) < 4.78 is 10.2. The average molecular weight is 411 g/mol. The van der Waals surface area contributed by atoms with Crippen LogP contribution in [-0.4, -0.2) is 58.3 Å². The number of aliphatic hydroxyl groups is 3. The Balaban J connectivity index is 2.55. The molecule has 0 aromatic rings. The number of rotatable bonds is 12.